The summed E-state index contributed by atoms with van der Waals surface area (Å²) >= 11 is 0. The van der Waals surface area contributed by atoms with Crippen molar-refractivity contribution in [3.8, 4) is 0 Å². The van der Waals surface area contributed by atoms with Gasteiger partial charge in [0.1, 0.15) is 0 Å². The van der Waals surface area contributed by atoms with Crippen LogP contribution < -0.4 is 5.73 Å². The fourth-order valence-corrected chi connectivity index (χ4v) is 2.79. The highest BCUT2D eigenvalue weighted by Gasteiger charge is 2.23. The molecule has 94 valence electrons. The van der Waals surface area contributed by atoms with Crippen molar-refractivity contribution in [1.29, 1.82) is 5.41 Å². The number of nitrogens with two attached hydrogens (primary N) is 1. The minimum Gasteiger partial charge on any atom is -0.388 e. The number of nitrogens with zero attached hydrogens (tertiary/aromatic N) is 1. The van der Waals surface area contributed by atoms with E-state index in [1.54, 1.807) is 0 Å². The second-order valence-electron chi connectivity index (χ2n) is 4.93. The van der Waals surface area contributed by atoms with E-state index >= 15 is 0 Å². The zero-order chi connectivity index (χ0) is 12.3. The highest BCUT2D eigenvalue weighted by Crippen LogP contribution is 2.35. The third-order valence-electron chi connectivity index (χ3n) is 3.72. The molecule has 0 bridgehead atoms. The summed E-state index contributed by atoms with van der Waals surface area (Å²) in [4.78, 5) is 0. The molecule has 0 aliphatic heterocycles. The first kappa shape index (κ1) is 12.1. The van der Waals surface area contributed by atoms with Crippen molar-refractivity contribution in [2.24, 2.45) is 5.73 Å². The highest BCUT2D eigenvalue weighted by atomic mass is 15.1. The van der Waals surface area contributed by atoms with E-state index in [0.717, 1.165) is 12.8 Å². The largest absolute Gasteiger partial charge is 0.388 e. The van der Waals surface area contributed by atoms with Crippen molar-refractivity contribution in [2.75, 3.05) is 0 Å². The van der Waals surface area contributed by atoms with E-state index in [2.05, 4.69) is 17.1 Å². The van der Waals surface area contributed by atoms with Crippen LogP contribution in [0, 0.1) is 5.41 Å². The molecular weight excluding hydrogens is 212 g/mol. The Hall–Kier alpha value is -1.32. The minimum atomic E-state index is 0.269. The Morgan fingerprint density at radius 1 is 1.47 bits per heavy atom. The molecular formula is C13H22N4. The standard InChI is InChI=1S/C13H22N4/c1-2-11-10(7-8-12(14)15)13(17-16-11)9-5-3-4-6-9/h9H,2-8H2,1H3,(H3,14,15)(H,16,17). The maximum atomic E-state index is 7.35. The summed E-state index contributed by atoms with van der Waals surface area (Å²) < 4.78 is 0. The van der Waals surface area contributed by atoms with Crippen LogP contribution in [0.25, 0.3) is 0 Å². The van der Waals surface area contributed by atoms with Gasteiger partial charge in [-0.25, -0.2) is 0 Å². The molecule has 4 heteroatoms. The average molecular weight is 234 g/mol. The fraction of sp³-hybridized carbons (Fsp3) is 0.692. The predicted octanol–water partition coefficient (Wildman–Crippen LogP) is 2.50. The first-order valence-electron chi connectivity index (χ1n) is 6.61. The summed E-state index contributed by atoms with van der Waals surface area (Å²) in [7, 11) is 0. The Kier molecular flexibility index (Phi) is 3.82. The van der Waals surface area contributed by atoms with Crippen LogP contribution in [0.2, 0.25) is 0 Å². The van der Waals surface area contributed by atoms with Gasteiger partial charge in [-0.05, 0) is 31.2 Å². The molecule has 17 heavy (non-hydrogen) atoms. The molecule has 0 saturated heterocycles. The number of nitrogens with one attached hydrogen (secondary N) is 2. The van der Waals surface area contributed by atoms with E-state index in [9.17, 15) is 0 Å². The lowest BCUT2D eigenvalue weighted by Crippen LogP contribution is -2.11. The van der Waals surface area contributed by atoms with Crippen LogP contribution in [0.4, 0.5) is 0 Å². The van der Waals surface area contributed by atoms with Crippen molar-refractivity contribution >= 4 is 5.84 Å². The van der Waals surface area contributed by atoms with E-state index in [0.29, 0.717) is 12.3 Å². The summed E-state index contributed by atoms with van der Waals surface area (Å²) in [6.45, 7) is 2.14. The number of rotatable bonds is 5. The van der Waals surface area contributed by atoms with Crippen LogP contribution >= 0.6 is 0 Å². The van der Waals surface area contributed by atoms with Crippen molar-refractivity contribution < 1.29 is 0 Å². The minimum absolute atomic E-state index is 0.269. The van der Waals surface area contributed by atoms with Crippen LogP contribution in [0.3, 0.4) is 0 Å². The summed E-state index contributed by atoms with van der Waals surface area (Å²) in [5.41, 5.74) is 9.27. The second kappa shape index (κ2) is 5.34. The molecule has 0 radical (unpaired) electrons. The average Bonchev–Trinajstić information content (AvgIpc) is 2.94. The molecule has 0 unspecified atom stereocenters. The molecule has 1 aliphatic carbocycles. The van der Waals surface area contributed by atoms with E-state index < -0.39 is 0 Å². The topological polar surface area (TPSA) is 78.5 Å². The number of hydrogen-bond acceptors (Lipinski definition) is 2. The maximum absolute atomic E-state index is 7.35. The molecule has 1 fully saturated rings. The Morgan fingerprint density at radius 2 is 2.18 bits per heavy atom. The van der Waals surface area contributed by atoms with Gasteiger partial charge >= 0.3 is 0 Å². The van der Waals surface area contributed by atoms with E-state index in [4.69, 9.17) is 11.1 Å². The third kappa shape index (κ3) is 2.68. The Morgan fingerprint density at radius 3 is 2.76 bits per heavy atom. The summed E-state index contributed by atoms with van der Waals surface area (Å²) in [6, 6.07) is 0. The van der Waals surface area contributed by atoms with Crippen LogP contribution in [-0.4, -0.2) is 16.0 Å². The molecule has 1 aromatic rings. The Labute approximate surface area is 102 Å². The van der Waals surface area contributed by atoms with Crippen molar-refractivity contribution in [3.63, 3.8) is 0 Å². The zero-order valence-corrected chi connectivity index (χ0v) is 10.6. The lowest BCUT2D eigenvalue weighted by molar-refractivity contribution is 0.683. The lowest BCUT2D eigenvalue weighted by atomic mass is 9.95. The molecule has 4 nitrogen and oxygen atoms in total. The smallest absolute Gasteiger partial charge is 0.0908 e. The van der Waals surface area contributed by atoms with Crippen LogP contribution in [-0.2, 0) is 12.8 Å². The summed E-state index contributed by atoms with van der Waals surface area (Å²) in [5, 5.41) is 15.0. The van der Waals surface area contributed by atoms with E-state index in [1.807, 2.05) is 0 Å². The highest BCUT2D eigenvalue weighted by molar-refractivity contribution is 5.77. The van der Waals surface area contributed by atoms with Gasteiger partial charge in [0.05, 0.1) is 11.5 Å². The number of aromatic amines is 1. The first-order valence-corrected chi connectivity index (χ1v) is 6.61. The molecule has 1 heterocycles. The van der Waals surface area contributed by atoms with E-state index in [1.165, 1.54) is 42.6 Å². The first-order chi connectivity index (χ1) is 8.22. The number of aryl methyl sites for hydroxylation is 1. The summed E-state index contributed by atoms with van der Waals surface area (Å²) in [6.07, 6.45) is 7.67. The van der Waals surface area contributed by atoms with Gasteiger partial charge in [0.2, 0.25) is 0 Å². The second-order valence-corrected chi connectivity index (χ2v) is 4.93. The normalized spacial score (nSPS) is 16.5. The number of amidine groups is 1. The molecule has 4 N–H and O–H groups in total. The maximum Gasteiger partial charge on any atom is 0.0908 e. The van der Waals surface area contributed by atoms with Gasteiger partial charge in [0, 0.05) is 18.0 Å². The number of hydrogen-bond donors (Lipinski definition) is 3. The molecule has 0 aromatic carbocycles. The van der Waals surface area contributed by atoms with Gasteiger partial charge in [0.25, 0.3) is 0 Å². The zero-order valence-electron chi connectivity index (χ0n) is 10.6. The molecule has 1 saturated carbocycles. The quantitative estimate of drug-likeness (QED) is 0.540. The molecule has 0 atom stereocenters. The van der Waals surface area contributed by atoms with Crippen molar-refractivity contribution in [3.05, 3.63) is 17.0 Å². The van der Waals surface area contributed by atoms with Gasteiger partial charge in [-0.1, -0.05) is 19.8 Å². The van der Waals surface area contributed by atoms with Crippen LogP contribution in [0.1, 0.15) is 61.9 Å². The molecule has 1 aliphatic rings. The monoisotopic (exact) mass is 234 g/mol. The molecule has 2 rings (SSSR count). The van der Waals surface area contributed by atoms with Gasteiger partial charge in [-0.3, -0.25) is 10.5 Å². The van der Waals surface area contributed by atoms with Crippen molar-refractivity contribution in [2.45, 2.75) is 57.8 Å². The van der Waals surface area contributed by atoms with Gasteiger partial charge in [-0.15, -0.1) is 0 Å². The third-order valence-corrected chi connectivity index (χ3v) is 3.72. The molecule has 1 aromatic heterocycles. The van der Waals surface area contributed by atoms with Crippen LogP contribution in [0.15, 0.2) is 0 Å². The van der Waals surface area contributed by atoms with Gasteiger partial charge < -0.3 is 5.73 Å². The van der Waals surface area contributed by atoms with Crippen molar-refractivity contribution in [1.82, 2.24) is 10.2 Å². The SMILES string of the molecule is CCc1[nH]nc(C2CCCC2)c1CCC(=N)N. The van der Waals surface area contributed by atoms with Crippen LogP contribution in [0.5, 0.6) is 0 Å². The van der Waals surface area contributed by atoms with Gasteiger partial charge in [0.15, 0.2) is 0 Å². The predicted molar refractivity (Wildman–Crippen MR) is 69.4 cm³/mol. The summed E-state index contributed by atoms with van der Waals surface area (Å²) in [5.74, 6) is 0.902. The van der Waals surface area contributed by atoms with E-state index in [-0.39, 0.29) is 5.84 Å². The number of H-pyrrole nitrogens is 1. The molecule has 0 spiro atoms. The Bertz CT molecular complexity index is 388. The van der Waals surface area contributed by atoms with Gasteiger partial charge in [-0.2, -0.15) is 5.10 Å². The number of aromatic nitrogens is 2. The Balaban J connectivity index is 2.18. The lowest BCUT2D eigenvalue weighted by Gasteiger charge is -2.09. The molecule has 0 amide bonds. The fourth-order valence-electron chi connectivity index (χ4n) is 2.79.